The van der Waals surface area contributed by atoms with E-state index in [1.807, 2.05) is 0 Å². The first-order chi connectivity index (χ1) is 15.9. The van der Waals surface area contributed by atoms with Crippen molar-refractivity contribution >= 4 is 23.5 Å². The lowest BCUT2D eigenvalue weighted by Crippen LogP contribution is -2.40. The van der Waals surface area contributed by atoms with Gasteiger partial charge in [-0.15, -0.1) is 0 Å². The Morgan fingerprint density at radius 2 is 1.88 bits per heavy atom. The molecule has 0 radical (unpaired) electrons. The highest BCUT2D eigenvalue weighted by molar-refractivity contribution is 5.96. The Labute approximate surface area is 188 Å². The molecule has 0 spiro atoms. The van der Waals surface area contributed by atoms with Gasteiger partial charge in [0.2, 0.25) is 11.9 Å². The van der Waals surface area contributed by atoms with E-state index < -0.39 is 29.6 Å². The van der Waals surface area contributed by atoms with Crippen LogP contribution in [0.1, 0.15) is 25.5 Å². The molecule has 1 amide bonds. The maximum absolute atomic E-state index is 13.5. The van der Waals surface area contributed by atoms with Gasteiger partial charge in [0.25, 0.3) is 0 Å². The van der Waals surface area contributed by atoms with E-state index in [1.54, 1.807) is 32.0 Å². The molecule has 1 aliphatic heterocycles. The molecular weight excluding hydrogens is 432 g/mol. The normalized spacial score (nSPS) is 15.3. The molecule has 33 heavy (non-hydrogen) atoms. The molecule has 0 saturated heterocycles. The van der Waals surface area contributed by atoms with Crippen LogP contribution >= 0.6 is 0 Å². The number of rotatable bonds is 6. The first-order valence-corrected chi connectivity index (χ1v) is 10.2. The Kier molecular flexibility index (Phi) is 6.16. The molecule has 0 aliphatic carbocycles. The topological polar surface area (TPSA) is 89.3 Å². The highest BCUT2D eigenvalue weighted by Crippen LogP contribution is 2.38. The molecule has 1 aliphatic rings. The quantitative estimate of drug-likeness (QED) is 0.575. The summed E-state index contributed by atoms with van der Waals surface area (Å²) in [5.41, 5.74) is 1.60. The smallest absolute Gasteiger partial charge is 0.338 e. The summed E-state index contributed by atoms with van der Waals surface area (Å²) in [7, 11) is 0. The van der Waals surface area contributed by atoms with Crippen LogP contribution in [-0.2, 0) is 14.3 Å². The van der Waals surface area contributed by atoms with Crippen LogP contribution in [0.3, 0.4) is 0 Å². The molecule has 3 aromatic rings. The van der Waals surface area contributed by atoms with E-state index in [0.29, 0.717) is 22.9 Å². The van der Waals surface area contributed by atoms with Crippen molar-refractivity contribution in [3.05, 3.63) is 83.3 Å². The van der Waals surface area contributed by atoms with E-state index in [-0.39, 0.29) is 18.7 Å². The van der Waals surface area contributed by atoms with Crippen molar-refractivity contribution < 1.29 is 23.1 Å². The minimum Gasteiger partial charge on any atom is -0.463 e. The van der Waals surface area contributed by atoms with Gasteiger partial charge in [-0.2, -0.15) is 10.1 Å². The standard InChI is InChI=1S/C23H21F2N5O3/c1-3-33-22(32)20-14(2)29(12-19(31)28-18-6-4-5-17(25)11-18)23-26-13-27-30(23)21(20)15-7-9-16(24)10-8-15/h4-11,13,21H,3,12H2,1-2H3,(H,28,31). The molecular formula is C23H21F2N5O3. The Balaban J connectivity index is 1.73. The maximum Gasteiger partial charge on any atom is 0.338 e. The highest BCUT2D eigenvalue weighted by Gasteiger charge is 2.38. The van der Waals surface area contributed by atoms with E-state index in [2.05, 4.69) is 15.4 Å². The minimum atomic E-state index is -0.718. The van der Waals surface area contributed by atoms with Crippen LogP contribution in [0.15, 0.2) is 66.1 Å². The van der Waals surface area contributed by atoms with E-state index in [0.717, 1.165) is 0 Å². The van der Waals surface area contributed by atoms with Gasteiger partial charge in [0.1, 0.15) is 30.5 Å². The second kappa shape index (κ2) is 9.19. The van der Waals surface area contributed by atoms with Gasteiger partial charge < -0.3 is 15.0 Å². The van der Waals surface area contributed by atoms with Crippen molar-refractivity contribution in [2.45, 2.75) is 19.9 Å². The van der Waals surface area contributed by atoms with Crippen LogP contribution in [0, 0.1) is 11.6 Å². The molecule has 2 heterocycles. The van der Waals surface area contributed by atoms with E-state index in [1.165, 1.54) is 46.2 Å². The summed E-state index contributed by atoms with van der Waals surface area (Å²) < 4.78 is 33.8. The third-order valence-corrected chi connectivity index (χ3v) is 5.20. The van der Waals surface area contributed by atoms with Crippen LogP contribution in [0.5, 0.6) is 0 Å². The number of nitrogens with one attached hydrogen (secondary N) is 1. The largest absolute Gasteiger partial charge is 0.463 e. The summed E-state index contributed by atoms with van der Waals surface area (Å²) in [5, 5.41) is 6.90. The average Bonchev–Trinajstić information content (AvgIpc) is 3.25. The van der Waals surface area contributed by atoms with Gasteiger partial charge in [0.15, 0.2) is 0 Å². The third kappa shape index (κ3) is 4.45. The summed E-state index contributed by atoms with van der Waals surface area (Å²) >= 11 is 0. The van der Waals surface area contributed by atoms with Gasteiger partial charge in [-0.05, 0) is 49.7 Å². The van der Waals surface area contributed by atoms with Crippen LogP contribution in [0.2, 0.25) is 0 Å². The summed E-state index contributed by atoms with van der Waals surface area (Å²) in [6.07, 6.45) is 1.31. The second-order valence-electron chi connectivity index (χ2n) is 7.32. The molecule has 1 aromatic heterocycles. The Morgan fingerprint density at radius 3 is 2.58 bits per heavy atom. The van der Waals surface area contributed by atoms with Crippen LogP contribution in [0.25, 0.3) is 0 Å². The number of benzene rings is 2. The number of carbonyl (C=O) groups excluding carboxylic acids is 2. The molecule has 1 unspecified atom stereocenters. The Hall–Kier alpha value is -4.08. The number of esters is 1. The lowest BCUT2D eigenvalue weighted by atomic mass is 9.95. The number of amides is 1. The lowest BCUT2D eigenvalue weighted by Gasteiger charge is -2.35. The highest BCUT2D eigenvalue weighted by atomic mass is 19.1. The molecule has 10 heteroatoms. The fourth-order valence-electron chi connectivity index (χ4n) is 3.76. The molecule has 8 nitrogen and oxygen atoms in total. The molecule has 4 rings (SSSR count). The van der Waals surface area contributed by atoms with Crippen molar-refractivity contribution in [2.24, 2.45) is 0 Å². The van der Waals surface area contributed by atoms with Gasteiger partial charge in [0.05, 0.1) is 12.2 Å². The number of hydrogen-bond donors (Lipinski definition) is 1. The Bertz CT molecular complexity index is 1220. The zero-order chi connectivity index (χ0) is 23.5. The number of fused-ring (bicyclic) bond motifs is 1. The van der Waals surface area contributed by atoms with Crippen molar-refractivity contribution in [3.63, 3.8) is 0 Å². The first kappa shape index (κ1) is 22.1. The monoisotopic (exact) mass is 453 g/mol. The maximum atomic E-state index is 13.5. The predicted molar refractivity (Wildman–Crippen MR) is 116 cm³/mol. The van der Waals surface area contributed by atoms with Crippen LogP contribution < -0.4 is 10.2 Å². The van der Waals surface area contributed by atoms with Gasteiger partial charge in [-0.3, -0.25) is 4.79 Å². The molecule has 2 aromatic carbocycles. The van der Waals surface area contributed by atoms with Crippen molar-refractivity contribution in [1.82, 2.24) is 14.8 Å². The molecule has 0 bridgehead atoms. The number of ether oxygens (including phenoxy) is 1. The number of halogens is 2. The number of allylic oxidation sites excluding steroid dienone is 1. The van der Waals surface area contributed by atoms with E-state index >= 15 is 0 Å². The fraction of sp³-hybridized carbons (Fsp3) is 0.217. The van der Waals surface area contributed by atoms with Gasteiger partial charge in [0, 0.05) is 11.4 Å². The molecule has 0 saturated carbocycles. The number of aromatic nitrogens is 3. The fourth-order valence-corrected chi connectivity index (χ4v) is 3.76. The van der Waals surface area contributed by atoms with Crippen molar-refractivity contribution in [1.29, 1.82) is 0 Å². The number of carbonyl (C=O) groups is 2. The summed E-state index contributed by atoms with van der Waals surface area (Å²) in [5.74, 6) is -1.60. The first-order valence-electron chi connectivity index (χ1n) is 10.2. The zero-order valence-electron chi connectivity index (χ0n) is 18.0. The Morgan fingerprint density at radius 1 is 1.12 bits per heavy atom. The minimum absolute atomic E-state index is 0.149. The van der Waals surface area contributed by atoms with Gasteiger partial charge in [-0.1, -0.05) is 18.2 Å². The average molecular weight is 453 g/mol. The van der Waals surface area contributed by atoms with E-state index in [9.17, 15) is 18.4 Å². The van der Waals surface area contributed by atoms with Crippen LogP contribution in [0.4, 0.5) is 20.4 Å². The number of anilines is 2. The van der Waals surface area contributed by atoms with Crippen molar-refractivity contribution in [3.8, 4) is 0 Å². The number of nitrogens with zero attached hydrogens (tertiary/aromatic N) is 4. The summed E-state index contributed by atoms with van der Waals surface area (Å²) in [4.78, 5) is 31.5. The van der Waals surface area contributed by atoms with Gasteiger partial charge >= 0.3 is 5.97 Å². The molecule has 1 N–H and O–H groups in total. The third-order valence-electron chi connectivity index (χ3n) is 5.20. The SMILES string of the molecule is CCOC(=O)C1=C(C)N(CC(=O)Nc2cccc(F)c2)c2ncnn2C1c1ccc(F)cc1. The van der Waals surface area contributed by atoms with Crippen LogP contribution in [-0.4, -0.2) is 39.8 Å². The second-order valence-corrected chi connectivity index (χ2v) is 7.32. The van der Waals surface area contributed by atoms with Gasteiger partial charge in [-0.25, -0.2) is 18.3 Å². The van der Waals surface area contributed by atoms with Crippen molar-refractivity contribution in [2.75, 3.05) is 23.4 Å². The lowest BCUT2D eigenvalue weighted by molar-refractivity contribution is -0.139. The predicted octanol–water partition coefficient (Wildman–Crippen LogP) is 3.44. The van der Waals surface area contributed by atoms with E-state index in [4.69, 9.17) is 4.74 Å². The zero-order valence-corrected chi connectivity index (χ0v) is 18.0. The summed E-state index contributed by atoms with van der Waals surface area (Å²) in [6, 6.07) is 10.5. The molecule has 170 valence electrons. The number of hydrogen-bond acceptors (Lipinski definition) is 6. The molecule has 1 atom stereocenters. The molecule has 0 fully saturated rings. The summed E-state index contributed by atoms with van der Waals surface area (Å²) in [6.45, 7) is 3.31.